The summed E-state index contributed by atoms with van der Waals surface area (Å²) < 4.78 is 0. The van der Waals surface area contributed by atoms with Crippen LogP contribution in [-0.4, -0.2) is 27.2 Å². The van der Waals surface area contributed by atoms with Crippen LogP contribution in [0.2, 0.25) is 0 Å². The predicted molar refractivity (Wildman–Crippen MR) is 112 cm³/mol. The van der Waals surface area contributed by atoms with Gasteiger partial charge in [0, 0.05) is 11.4 Å². The van der Waals surface area contributed by atoms with E-state index in [1.165, 1.54) is 17.3 Å². The van der Waals surface area contributed by atoms with Crippen LogP contribution < -0.4 is 5.32 Å². The van der Waals surface area contributed by atoms with Crippen LogP contribution >= 0.6 is 11.8 Å². The van der Waals surface area contributed by atoms with Crippen LogP contribution in [0, 0.1) is 6.92 Å². The Morgan fingerprint density at radius 1 is 1.04 bits per heavy atom. The number of carbonyl (C=O) groups is 1. The lowest BCUT2D eigenvalue weighted by atomic mass is 10.1. The Morgan fingerprint density at radius 2 is 1.74 bits per heavy atom. The largest absolute Gasteiger partial charge is 0.353 e. The molecule has 2 atom stereocenters. The highest BCUT2D eigenvalue weighted by molar-refractivity contribution is 8.00. The summed E-state index contributed by atoms with van der Waals surface area (Å²) in [5.74, 6) is 0.765. The van der Waals surface area contributed by atoms with Gasteiger partial charge < -0.3 is 5.32 Å². The number of para-hydroxylation sites is 1. The lowest BCUT2D eigenvalue weighted by Crippen LogP contribution is -2.37. The lowest BCUT2D eigenvalue weighted by molar-refractivity contribution is -0.120. The number of amides is 1. The van der Waals surface area contributed by atoms with Crippen LogP contribution in [0.15, 0.2) is 59.6 Å². The van der Waals surface area contributed by atoms with Gasteiger partial charge in [-0.1, -0.05) is 60.3 Å². The van der Waals surface area contributed by atoms with Crippen LogP contribution in [0.25, 0.3) is 10.9 Å². The number of hydrogen-bond donors (Lipinski definition) is 1. The number of carbonyl (C=O) groups excluding carboxylic acids is 1. The Balaban J connectivity index is 1.59. The first-order chi connectivity index (χ1) is 13.0. The van der Waals surface area contributed by atoms with Crippen molar-refractivity contribution in [1.82, 2.24) is 15.3 Å². The van der Waals surface area contributed by atoms with Crippen molar-refractivity contribution in [2.75, 3.05) is 0 Å². The summed E-state index contributed by atoms with van der Waals surface area (Å²) in [6, 6.07) is 18.4. The van der Waals surface area contributed by atoms with E-state index in [1.54, 1.807) is 0 Å². The SMILES string of the molecule is Cc1nc(S[C@@H](C)C(=O)N[C@@H](C)CCc2ccccc2)c2ccccc2n1. The van der Waals surface area contributed by atoms with Crippen LogP contribution in [-0.2, 0) is 11.2 Å². The minimum atomic E-state index is -0.220. The third-order valence-electron chi connectivity index (χ3n) is 4.44. The normalized spacial score (nSPS) is 13.3. The molecule has 0 saturated carbocycles. The van der Waals surface area contributed by atoms with Gasteiger partial charge in [0.2, 0.25) is 5.91 Å². The molecule has 1 amide bonds. The molecule has 0 radical (unpaired) electrons. The molecule has 5 heteroatoms. The van der Waals surface area contributed by atoms with Crippen molar-refractivity contribution in [1.29, 1.82) is 0 Å². The standard InChI is InChI=1S/C22H25N3OS/c1-15(13-14-18-9-5-4-6-10-18)23-21(26)16(2)27-22-19-11-7-8-12-20(19)24-17(3)25-22/h4-12,15-16H,13-14H2,1-3H3,(H,23,26)/t15-,16-/m0/s1. The van der Waals surface area contributed by atoms with Crippen molar-refractivity contribution in [2.45, 2.75) is 49.9 Å². The molecule has 0 bridgehead atoms. The topological polar surface area (TPSA) is 54.9 Å². The fourth-order valence-corrected chi connectivity index (χ4v) is 3.92. The van der Waals surface area contributed by atoms with Crippen molar-refractivity contribution < 1.29 is 4.79 Å². The molecule has 1 aromatic heterocycles. The van der Waals surface area contributed by atoms with E-state index in [9.17, 15) is 4.79 Å². The molecule has 140 valence electrons. The molecule has 0 fully saturated rings. The van der Waals surface area contributed by atoms with Gasteiger partial charge in [-0.15, -0.1) is 0 Å². The van der Waals surface area contributed by atoms with Crippen molar-refractivity contribution >= 4 is 28.6 Å². The van der Waals surface area contributed by atoms with Gasteiger partial charge in [0.1, 0.15) is 10.9 Å². The quantitative estimate of drug-likeness (QED) is 0.483. The van der Waals surface area contributed by atoms with Crippen molar-refractivity contribution in [3.8, 4) is 0 Å². The number of benzene rings is 2. The van der Waals surface area contributed by atoms with Gasteiger partial charge in [-0.3, -0.25) is 4.79 Å². The summed E-state index contributed by atoms with van der Waals surface area (Å²) in [7, 11) is 0. The fourth-order valence-electron chi connectivity index (χ4n) is 2.93. The second kappa shape index (κ2) is 9.00. The predicted octanol–water partition coefficient (Wildman–Crippen LogP) is 4.56. The molecule has 3 aromatic rings. The van der Waals surface area contributed by atoms with Crippen LogP contribution in [0.4, 0.5) is 0 Å². The van der Waals surface area contributed by atoms with Gasteiger partial charge in [0.15, 0.2) is 0 Å². The van der Waals surface area contributed by atoms with Gasteiger partial charge >= 0.3 is 0 Å². The van der Waals surface area contributed by atoms with Gasteiger partial charge in [-0.25, -0.2) is 9.97 Å². The first-order valence-electron chi connectivity index (χ1n) is 9.27. The molecule has 0 saturated heterocycles. The summed E-state index contributed by atoms with van der Waals surface area (Å²) in [4.78, 5) is 21.6. The van der Waals surface area contributed by atoms with Gasteiger partial charge in [0.05, 0.1) is 10.8 Å². The first kappa shape index (κ1) is 19.4. The highest BCUT2D eigenvalue weighted by Crippen LogP contribution is 2.28. The third kappa shape index (κ3) is 5.30. The van der Waals surface area contributed by atoms with Gasteiger partial charge in [0.25, 0.3) is 0 Å². The van der Waals surface area contributed by atoms with E-state index >= 15 is 0 Å². The van der Waals surface area contributed by atoms with Crippen LogP contribution in [0.5, 0.6) is 0 Å². The van der Waals surface area contributed by atoms with E-state index in [1.807, 2.05) is 56.3 Å². The van der Waals surface area contributed by atoms with E-state index in [-0.39, 0.29) is 17.2 Å². The molecule has 0 aliphatic rings. The Morgan fingerprint density at radius 3 is 2.52 bits per heavy atom. The summed E-state index contributed by atoms with van der Waals surface area (Å²) in [5, 5.41) is 4.76. The molecule has 1 heterocycles. The molecular weight excluding hydrogens is 354 g/mol. The zero-order valence-corrected chi connectivity index (χ0v) is 16.8. The van der Waals surface area contributed by atoms with Crippen LogP contribution in [0.1, 0.15) is 31.7 Å². The molecule has 0 aliphatic carbocycles. The molecule has 0 unspecified atom stereocenters. The molecule has 27 heavy (non-hydrogen) atoms. The summed E-state index contributed by atoms with van der Waals surface area (Å²) >= 11 is 1.49. The summed E-state index contributed by atoms with van der Waals surface area (Å²) in [6.45, 7) is 5.87. The maximum absolute atomic E-state index is 12.6. The Bertz CT molecular complexity index is 914. The molecule has 4 nitrogen and oxygen atoms in total. The number of thioether (sulfide) groups is 1. The van der Waals surface area contributed by atoms with Gasteiger partial charge in [-0.05, 0) is 45.2 Å². The van der Waals surface area contributed by atoms with Crippen molar-refractivity contribution in [2.24, 2.45) is 0 Å². The number of aromatic nitrogens is 2. The molecular formula is C22H25N3OS. The molecule has 0 aliphatic heterocycles. The molecule has 3 rings (SSSR count). The molecule has 1 N–H and O–H groups in total. The number of aryl methyl sites for hydroxylation is 2. The molecule has 0 spiro atoms. The van der Waals surface area contributed by atoms with Gasteiger partial charge in [-0.2, -0.15) is 0 Å². The van der Waals surface area contributed by atoms with E-state index in [0.717, 1.165) is 34.6 Å². The summed E-state index contributed by atoms with van der Waals surface area (Å²) in [6.07, 6.45) is 1.88. The maximum atomic E-state index is 12.6. The zero-order chi connectivity index (χ0) is 19.2. The lowest BCUT2D eigenvalue weighted by Gasteiger charge is -2.18. The maximum Gasteiger partial charge on any atom is 0.233 e. The number of nitrogens with one attached hydrogen (secondary N) is 1. The fraction of sp³-hybridized carbons (Fsp3) is 0.318. The Hall–Kier alpha value is -2.40. The zero-order valence-electron chi connectivity index (χ0n) is 16.0. The number of rotatable bonds is 7. The minimum absolute atomic E-state index is 0.0425. The summed E-state index contributed by atoms with van der Waals surface area (Å²) in [5.41, 5.74) is 2.21. The first-order valence-corrected chi connectivity index (χ1v) is 10.1. The second-order valence-electron chi connectivity index (χ2n) is 6.79. The van der Waals surface area contributed by atoms with E-state index < -0.39 is 0 Å². The monoisotopic (exact) mass is 379 g/mol. The van der Waals surface area contributed by atoms with Crippen molar-refractivity contribution in [3.63, 3.8) is 0 Å². The number of hydrogen-bond acceptors (Lipinski definition) is 4. The number of nitrogens with zero attached hydrogens (tertiary/aromatic N) is 2. The number of fused-ring (bicyclic) bond motifs is 1. The van der Waals surface area contributed by atoms with Crippen LogP contribution in [0.3, 0.4) is 0 Å². The Labute approximate surface area is 164 Å². The van der Waals surface area contributed by atoms with E-state index in [4.69, 9.17) is 0 Å². The van der Waals surface area contributed by atoms with E-state index in [2.05, 4.69) is 34.3 Å². The van der Waals surface area contributed by atoms with Crippen molar-refractivity contribution in [3.05, 3.63) is 66.0 Å². The molecule has 2 aromatic carbocycles. The average molecular weight is 380 g/mol. The highest BCUT2D eigenvalue weighted by atomic mass is 32.2. The highest BCUT2D eigenvalue weighted by Gasteiger charge is 2.19. The average Bonchev–Trinajstić information content (AvgIpc) is 2.67. The van der Waals surface area contributed by atoms with E-state index in [0.29, 0.717) is 0 Å². The smallest absolute Gasteiger partial charge is 0.233 e. The Kier molecular flexibility index (Phi) is 6.45. The third-order valence-corrected chi connectivity index (χ3v) is 5.54. The second-order valence-corrected chi connectivity index (χ2v) is 8.12. The minimum Gasteiger partial charge on any atom is -0.353 e.